The van der Waals surface area contributed by atoms with Crippen LogP contribution in [0.4, 0.5) is 0 Å². The van der Waals surface area contributed by atoms with Crippen molar-refractivity contribution in [2.45, 2.75) is 26.7 Å². The summed E-state index contributed by atoms with van der Waals surface area (Å²) in [6.07, 6.45) is 6.80. The van der Waals surface area contributed by atoms with Crippen molar-refractivity contribution >= 4 is 11.5 Å². The Kier molecular flexibility index (Phi) is 4.78. The van der Waals surface area contributed by atoms with E-state index in [9.17, 15) is 9.90 Å². The summed E-state index contributed by atoms with van der Waals surface area (Å²) in [6.45, 7) is 4.27. The van der Waals surface area contributed by atoms with Crippen LogP contribution in [-0.4, -0.2) is 23.2 Å². The van der Waals surface area contributed by atoms with Gasteiger partial charge in [0.05, 0.1) is 13.5 Å². The van der Waals surface area contributed by atoms with Gasteiger partial charge in [-0.05, 0) is 41.0 Å². The highest BCUT2D eigenvalue weighted by Gasteiger charge is 2.25. The number of methoxy groups -OCH3 is 1. The Hall–Kier alpha value is -2.10. The van der Waals surface area contributed by atoms with Crippen molar-refractivity contribution in [3.63, 3.8) is 0 Å². The predicted molar refractivity (Wildman–Crippen MR) is 82.0 cm³/mol. The largest absolute Gasteiger partial charge is 0.481 e. The van der Waals surface area contributed by atoms with Gasteiger partial charge in [0.2, 0.25) is 5.88 Å². The van der Waals surface area contributed by atoms with Gasteiger partial charge in [0.25, 0.3) is 0 Å². The maximum Gasteiger partial charge on any atom is 0.307 e. The van der Waals surface area contributed by atoms with E-state index in [1.54, 1.807) is 13.3 Å². The van der Waals surface area contributed by atoms with Crippen molar-refractivity contribution in [3.8, 4) is 5.88 Å². The molecule has 1 unspecified atom stereocenters. The number of carboxylic acids is 1. The van der Waals surface area contributed by atoms with E-state index >= 15 is 0 Å². The number of ether oxygens (including phenoxy) is 1. The third-order valence-electron chi connectivity index (χ3n) is 3.87. The number of carbonyl (C=O) groups is 1. The van der Waals surface area contributed by atoms with E-state index in [4.69, 9.17) is 4.74 Å². The number of hydrogen-bond donors (Lipinski definition) is 1. The average molecular weight is 287 g/mol. The first-order chi connectivity index (χ1) is 10.0. The predicted octanol–water partition coefficient (Wildman–Crippen LogP) is 3.55. The number of aliphatic carboxylic acids is 1. The highest BCUT2D eigenvalue weighted by Crippen LogP contribution is 2.38. The molecule has 0 radical (unpaired) electrons. The Balaban J connectivity index is 2.51. The second-order valence-corrected chi connectivity index (χ2v) is 5.58. The summed E-state index contributed by atoms with van der Waals surface area (Å²) < 4.78 is 5.16. The van der Waals surface area contributed by atoms with Crippen LogP contribution in [0.25, 0.3) is 5.57 Å². The van der Waals surface area contributed by atoms with Crippen molar-refractivity contribution in [2.24, 2.45) is 11.8 Å². The summed E-state index contributed by atoms with van der Waals surface area (Å²) in [4.78, 5) is 15.3. The Morgan fingerprint density at radius 1 is 1.52 bits per heavy atom. The fourth-order valence-electron chi connectivity index (χ4n) is 2.82. The highest BCUT2D eigenvalue weighted by atomic mass is 16.5. The zero-order valence-corrected chi connectivity index (χ0v) is 12.7. The summed E-state index contributed by atoms with van der Waals surface area (Å²) in [5.41, 5.74) is 2.94. The molecule has 0 saturated heterocycles. The molecule has 112 valence electrons. The Morgan fingerprint density at radius 2 is 2.29 bits per heavy atom. The van der Waals surface area contributed by atoms with Crippen molar-refractivity contribution in [1.29, 1.82) is 0 Å². The SMILES string of the molecule is COc1cc(C2=C(CC(=O)O)C(C(C)C)CC=C2)ccn1. The number of nitrogens with zero attached hydrogens (tertiary/aromatic N) is 1. The van der Waals surface area contributed by atoms with E-state index in [-0.39, 0.29) is 12.3 Å². The molecule has 1 aromatic rings. The second kappa shape index (κ2) is 6.57. The molecule has 1 heterocycles. The van der Waals surface area contributed by atoms with Gasteiger partial charge in [-0.15, -0.1) is 0 Å². The zero-order valence-electron chi connectivity index (χ0n) is 12.7. The van der Waals surface area contributed by atoms with Gasteiger partial charge in [0, 0.05) is 12.3 Å². The molecule has 1 N–H and O–H groups in total. The van der Waals surface area contributed by atoms with E-state index in [1.165, 1.54) is 0 Å². The quantitative estimate of drug-likeness (QED) is 0.899. The first-order valence-electron chi connectivity index (χ1n) is 7.14. The third kappa shape index (κ3) is 3.51. The van der Waals surface area contributed by atoms with Crippen LogP contribution in [0.15, 0.2) is 36.1 Å². The number of aromatic nitrogens is 1. The molecule has 1 atom stereocenters. The van der Waals surface area contributed by atoms with Gasteiger partial charge in [-0.1, -0.05) is 26.0 Å². The summed E-state index contributed by atoms with van der Waals surface area (Å²) >= 11 is 0. The maximum absolute atomic E-state index is 11.2. The number of rotatable bonds is 5. The lowest BCUT2D eigenvalue weighted by molar-refractivity contribution is -0.136. The summed E-state index contributed by atoms with van der Waals surface area (Å²) in [5, 5.41) is 9.24. The normalized spacial score (nSPS) is 18.2. The molecule has 4 heteroatoms. The van der Waals surface area contributed by atoms with E-state index in [1.807, 2.05) is 18.2 Å². The number of pyridine rings is 1. The van der Waals surface area contributed by atoms with Crippen LogP contribution in [0, 0.1) is 11.8 Å². The van der Waals surface area contributed by atoms with Crippen LogP contribution in [0.3, 0.4) is 0 Å². The molecule has 1 aliphatic carbocycles. The van der Waals surface area contributed by atoms with Crippen molar-refractivity contribution in [2.75, 3.05) is 7.11 Å². The molecule has 0 saturated carbocycles. The average Bonchev–Trinajstić information content (AvgIpc) is 2.46. The molecule has 0 spiro atoms. The van der Waals surface area contributed by atoms with Gasteiger partial charge in [-0.3, -0.25) is 4.79 Å². The molecule has 2 rings (SSSR count). The third-order valence-corrected chi connectivity index (χ3v) is 3.87. The number of allylic oxidation sites excluding steroid dienone is 3. The Labute approximate surface area is 125 Å². The van der Waals surface area contributed by atoms with Crippen LogP contribution in [0.1, 0.15) is 32.3 Å². The van der Waals surface area contributed by atoms with Gasteiger partial charge < -0.3 is 9.84 Å². The van der Waals surface area contributed by atoms with E-state index < -0.39 is 5.97 Å². The van der Waals surface area contributed by atoms with Crippen molar-refractivity contribution in [1.82, 2.24) is 4.98 Å². The van der Waals surface area contributed by atoms with Crippen LogP contribution in [0.2, 0.25) is 0 Å². The van der Waals surface area contributed by atoms with Gasteiger partial charge in [0.1, 0.15) is 0 Å². The topological polar surface area (TPSA) is 59.4 Å². The summed E-state index contributed by atoms with van der Waals surface area (Å²) in [6, 6.07) is 3.75. The standard InChI is InChI=1S/C17H21NO3/c1-11(2)13-5-4-6-14(15(13)10-17(19)20)12-7-8-18-16(9-12)21-3/h4,6-9,11,13H,5,10H2,1-3H3,(H,19,20). The molecule has 4 nitrogen and oxygen atoms in total. The monoisotopic (exact) mass is 287 g/mol. The van der Waals surface area contributed by atoms with Gasteiger partial charge in [-0.2, -0.15) is 0 Å². The van der Waals surface area contributed by atoms with Crippen LogP contribution in [0.5, 0.6) is 5.88 Å². The number of hydrogen-bond acceptors (Lipinski definition) is 3. The fourth-order valence-corrected chi connectivity index (χ4v) is 2.82. The first-order valence-corrected chi connectivity index (χ1v) is 7.14. The van der Waals surface area contributed by atoms with E-state index in [0.29, 0.717) is 11.8 Å². The fraction of sp³-hybridized carbons (Fsp3) is 0.412. The molecule has 0 fully saturated rings. The lowest BCUT2D eigenvalue weighted by Crippen LogP contribution is -2.17. The lowest BCUT2D eigenvalue weighted by Gasteiger charge is -2.28. The molecule has 0 bridgehead atoms. The molecule has 1 aliphatic rings. The minimum Gasteiger partial charge on any atom is -0.481 e. The Bertz CT molecular complexity index is 587. The first kappa shape index (κ1) is 15.3. The molecular formula is C17H21NO3. The molecule has 1 aromatic heterocycles. The van der Waals surface area contributed by atoms with Gasteiger partial charge >= 0.3 is 5.97 Å². The molecule has 0 aliphatic heterocycles. The summed E-state index contributed by atoms with van der Waals surface area (Å²) in [5.74, 6) is 0.419. The minimum absolute atomic E-state index is 0.0765. The highest BCUT2D eigenvalue weighted by molar-refractivity contribution is 5.83. The van der Waals surface area contributed by atoms with Gasteiger partial charge in [0.15, 0.2) is 0 Å². The molecule has 0 aromatic carbocycles. The summed E-state index contributed by atoms with van der Waals surface area (Å²) in [7, 11) is 1.58. The van der Waals surface area contributed by atoms with Crippen molar-refractivity contribution in [3.05, 3.63) is 41.6 Å². The van der Waals surface area contributed by atoms with E-state index in [2.05, 4.69) is 24.9 Å². The van der Waals surface area contributed by atoms with Crippen LogP contribution >= 0.6 is 0 Å². The van der Waals surface area contributed by atoms with Crippen LogP contribution in [-0.2, 0) is 4.79 Å². The van der Waals surface area contributed by atoms with E-state index in [0.717, 1.165) is 23.1 Å². The Morgan fingerprint density at radius 3 is 2.90 bits per heavy atom. The maximum atomic E-state index is 11.2. The zero-order chi connectivity index (χ0) is 15.4. The lowest BCUT2D eigenvalue weighted by atomic mass is 9.77. The second-order valence-electron chi connectivity index (χ2n) is 5.58. The molecule has 0 amide bonds. The van der Waals surface area contributed by atoms with Crippen molar-refractivity contribution < 1.29 is 14.6 Å². The molecule has 21 heavy (non-hydrogen) atoms. The van der Waals surface area contributed by atoms with Crippen LogP contribution < -0.4 is 4.74 Å². The minimum atomic E-state index is -0.788. The smallest absolute Gasteiger partial charge is 0.307 e. The number of carboxylic acid groups (broad SMARTS) is 1. The molecular weight excluding hydrogens is 266 g/mol. The van der Waals surface area contributed by atoms with Gasteiger partial charge in [-0.25, -0.2) is 4.98 Å².